The summed E-state index contributed by atoms with van der Waals surface area (Å²) < 4.78 is 1.92. The Kier molecular flexibility index (Phi) is 6.08. The van der Waals surface area contributed by atoms with Crippen molar-refractivity contribution in [3.8, 4) is 0 Å². The van der Waals surface area contributed by atoms with Gasteiger partial charge in [-0.25, -0.2) is 0 Å². The van der Waals surface area contributed by atoms with Gasteiger partial charge in [0.15, 0.2) is 0 Å². The lowest BCUT2D eigenvalue weighted by molar-refractivity contribution is 0.0682. The largest absolute Gasteiger partial charge is 0.334 e. The summed E-state index contributed by atoms with van der Waals surface area (Å²) in [5.41, 5.74) is 0. The molecule has 1 atom stereocenters. The topological polar surface area (TPSA) is 32.3 Å². The third-order valence-corrected chi connectivity index (χ3v) is 6.81. The molecule has 1 fully saturated rings. The number of hydrogen-bond donors (Lipinski definition) is 1. The molecule has 1 aromatic rings. The second-order valence-electron chi connectivity index (χ2n) is 5.43. The van der Waals surface area contributed by atoms with Crippen LogP contribution in [0.1, 0.15) is 42.8 Å². The van der Waals surface area contributed by atoms with E-state index in [2.05, 4.69) is 51.0 Å². The fraction of sp³-hybridized carbons (Fsp3) is 0.643. The number of amides is 1. The fourth-order valence-electron chi connectivity index (χ4n) is 2.44. The predicted octanol–water partition coefficient (Wildman–Crippen LogP) is 4.27. The van der Waals surface area contributed by atoms with Crippen LogP contribution in [0.4, 0.5) is 0 Å². The van der Waals surface area contributed by atoms with Crippen molar-refractivity contribution in [3.05, 3.63) is 19.2 Å². The Morgan fingerprint density at radius 3 is 2.75 bits per heavy atom. The summed E-state index contributed by atoms with van der Waals surface area (Å²) in [7, 11) is 0. The smallest absolute Gasteiger partial charge is 0.264 e. The SMILES string of the molecule is CC(C)N(CC1CCCCN1)C(=O)c1cc(Br)c(Br)s1. The van der Waals surface area contributed by atoms with Crippen LogP contribution in [0.25, 0.3) is 0 Å². The second kappa shape index (κ2) is 7.38. The molecular formula is C14H20Br2N2OS. The Bertz CT molecular complexity index is 450. The molecule has 1 aliphatic rings. The number of rotatable bonds is 4. The molecule has 1 N–H and O–H groups in total. The summed E-state index contributed by atoms with van der Waals surface area (Å²) in [6, 6.07) is 2.55. The maximum atomic E-state index is 12.7. The van der Waals surface area contributed by atoms with Crippen LogP contribution in [-0.4, -0.2) is 36.0 Å². The number of nitrogens with one attached hydrogen (secondary N) is 1. The van der Waals surface area contributed by atoms with E-state index in [-0.39, 0.29) is 11.9 Å². The Morgan fingerprint density at radius 2 is 2.25 bits per heavy atom. The van der Waals surface area contributed by atoms with Crippen LogP contribution in [0.3, 0.4) is 0 Å². The van der Waals surface area contributed by atoms with E-state index in [0.29, 0.717) is 6.04 Å². The molecule has 0 spiro atoms. The van der Waals surface area contributed by atoms with Crippen LogP contribution in [0.5, 0.6) is 0 Å². The van der Waals surface area contributed by atoms with Crippen molar-refractivity contribution in [3.63, 3.8) is 0 Å². The number of thiophene rings is 1. The van der Waals surface area contributed by atoms with Crippen LogP contribution in [0, 0.1) is 0 Å². The zero-order valence-electron chi connectivity index (χ0n) is 11.8. The van der Waals surface area contributed by atoms with Crippen molar-refractivity contribution in [2.45, 2.75) is 45.2 Å². The number of halogens is 2. The maximum Gasteiger partial charge on any atom is 0.264 e. The third-order valence-electron chi connectivity index (χ3n) is 3.57. The molecule has 2 rings (SSSR count). The molecule has 3 nitrogen and oxygen atoms in total. The predicted molar refractivity (Wildman–Crippen MR) is 91.5 cm³/mol. The normalized spacial score (nSPS) is 19.4. The molecule has 0 aliphatic carbocycles. The Labute approximate surface area is 141 Å². The van der Waals surface area contributed by atoms with Gasteiger partial charge in [-0.1, -0.05) is 6.42 Å². The number of carbonyl (C=O) groups is 1. The summed E-state index contributed by atoms with van der Waals surface area (Å²) in [4.78, 5) is 15.5. The molecule has 1 saturated heterocycles. The lowest BCUT2D eigenvalue weighted by atomic mass is 10.0. The first-order valence-electron chi connectivity index (χ1n) is 6.98. The zero-order valence-corrected chi connectivity index (χ0v) is 15.8. The van der Waals surface area contributed by atoms with Crippen LogP contribution in [0.2, 0.25) is 0 Å². The Hall–Kier alpha value is 0.0900. The fourth-order valence-corrected chi connectivity index (χ4v) is 4.43. The van der Waals surface area contributed by atoms with E-state index in [0.717, 1.165) is 32.6 Å². The molecule has 1 amide bonds. The molecule has 6 heteroatoms. The van der Waals surface area contributed by atoms with Crippen LogP contribution < -0.4 is 5.32 Å². The molecule has 1 aliphatic heterocycles. The molecule has 1 aromatic heterocycles. The molecule has 2 heterocycles. The average Bonchev–Trinajstić information content (AvgIpc) is 2.76. The molecule has 0 aromatic carbocycles. The van der Waals surface area contributed by atoms with Gasteiger partial charge in [-0.15, -0.1) is 11.3 Å². The minimum absolute atomic E-state index is 0.128. The molecule has 20 heavy (non-hydrogen) atoms. The first-order chi connectivity index (χ1) is 9.49. The van der Waals surface area contributed by atoms with Gasteiger partial charge in [-0.3, -0.25) is 4.79 Å². The van der Waals surface area contributed by atoms with Crippen molar-refractivity contribution in [2.24, 2.45) is 0 Å². The average molecular weight is 424 g/mol. The van der Waals surface area contributed by atoms with Crippen LogP contribution in [-0.2, 0) is 0 Å². The monoisotopic (exact) mass is 422 g/mol. The third kappa shape index (κ3) is 4.06. The number of nitrogens with zero attached hydrogens (tertiary/aromatic N) is 1. The molecule has 0 radical (unpaired) electrons. The Morgan fingerprint density at radius 1 is 1.50 bits per heavy atom. The maximum absolute atomic E-state index is 12.7. The van der Waals surface area contributed by atoms with Crippen molar-refractivity contribution in [1.82, 2.24) is 10.2 Å². The number of hydrogen-bond acceptors (Lipinski definition) is 3. The van der Waals surface area contributed by atoms with E-state index in [1.54, 1.807) is 0 Å². The molecule has 0 saturated carbocycles. The molecule has 112 valence electrons. The first kappa shape index (κ1) is 16.5. The lowest BCUT2D eigenvalue weighted by Crippen LogP contribution is -2.48. The highest BCUT2D eigenvalue weighted by Crippen LogP contribution is 2.33. The standard InChI is InChI=1S/C14H20Br2N2OS/c1-9(2)18(8-10-5-3-4-6-17-10)14(19)12-7-11(15)13(16)20-12/h7,9-10,17H,3-6,8H2,1-2H3. The van der Waals surface area contributed by atoms with Gasteiger partial charge >= 0.3 is 0 Å². The van der Waals surface area contributed by atoms with Gasteiger partial charge in [0.05, 0.1) is 8.66 Å². The molecular weight excluding hydrogens is 404 g/mol. The highest BCUT2D eigenvalue weighted by molar-refractivity contribution is 9.13. The van der Waals surface area contributed by atoms with E-state index < -0.39 is 0 Å². The summed E-state index contributed by atoms with van der Waals surface area (Å²) >= 11 is 8.40. The van der Waals surface area contributed by atoms with Gasteiger partial charge in [0.1, 0.15) is 0 Å². The van der Waals surface area contributed by atoms with Gasteiger partial charge < -0.3 is 10.2 Å². The van der Waals surface area contributed by atoms with Gasteiger partial charge in [-0.05, 0) is 71.2 Å². The van der Waals surface area contributed by atoms with E-state index >= 15 is 0 Å². The van der Waals surface area contributed by atoms with E-state index in [1.807, 2.05) is 11.0 Å². The van der Waals surface area contributed by atoms with Gasteiger partial charge in [-0.2, -0.15) is 0 Å². The first-order valence-corrected chi connectivity index (χ1v) is 9.38. The Balaban J connectivity index is 2.09. The summed E-state index contributed by atoms with van der Waals surface area (Å²) in [6.07, 6.45) is 3.67. The summed E-state index contributed by atoms with van der Waals surface area (Å²) in [6.45, 7) is 6.03. The highest BCUT2D eigenvalue weighted by atomic mass is 79.9. The van der Waals surface area contributed by atoms with Crippen LogP contribution in [0.15, 0.2) is 14.3 Å². The van der Waals surface area contributed by atoms with E-state index in [9.17, 15) is 4.79 Å². The zero-order chi connectivity index (χ0) is 14.7. The van der Waals surface area contributed by atoms with Crippen molar-refractivity contribution in [2.75, 3.05) is 13.1 Å². The minimum Gasteiger partial charge on any atom is -0.334 e. The minimum atomic E-state index is 0.128. The quantitative estimate of drug-likeness (QED) is 0.784. The van der Waals surface area contributed by atoms with Crippen molar-refractivity contribution < 1.29 is 4.79 Å². The van der Waals surface area contributed by atoms with Crippen LogP contribution >= 0.6 is 43.2 Å². The molecule has 1 unspecified atom stereocenters. The van der Waals surface area contributed by atoms with E-state index in [4.69, 9.17) is 0 Å². The number of piperidine rings is 1. The van der Waals surface area contributed by atoms with Gasteiger partial charge in [0.2, 0.25) is 0 Å². The van der Waals surface area contributed by atoms with Crippen molar-refractivity contribution >= 4 is 49.1 Å². The van der Waals surface area contributed by atoms with Gasteiger partial charge in [0.25, 0.3) is 5.91 Å². The second-order valence-corrected chi connectivity index (χ2v) is 8.65. The van der Waals surface area contributed by atoms with Gasteiger partial charge in [0, 0.05) is 23.1 Å². The summed E-state index contributed by atoms with van der Waals surface area (Å²) in [5.74, 6) is 0.128. The molecule has 0 bridgehead atoms. The lowest BCUT2D eigenvalue weighted by Gasteiger charge is -2.33. The van der Waals surface area contributed by atoms with Crippen molar-refractivity contribution in [1.29, 1.82) is 0 Å². The van der Waals surface area contributed by atoms with E-state index in [1.165, 1.54) is 24.2 Å². The summed E-state index contributed by atoms with van der Waals surface area (Å²) in [5, 5.41) is 3.52. The highest BCUT2D eigenvalue weighted by Gasteiger charge is 2.25. The number of carbonyl (C=O) groups excluding carboxylic acids is 1.